The molecule has 0 fully saturated rings. The summed E-state index contributed by atoms with van der Waals surface area (Å²) in [6, 6.07) is 13.7. The smallest absolute Gasteiger partial charge is 0.228 e. The topological polar surface area (TPSA) is 82.3 Å². The van der Waals surface area contributed by atoms with Crippen LogP contribution in [0.4, 0.5) is 0 Å². The predicted octanol–water partition coefficient (Wildman–Crippen LogP) is 4.35. The van der Waals surface area contributed by atoms with Crippen LogP contribution in [-0.2, 0) is 4.79 Å². The average molecular weight is 423 g/mol. The number of fused-ring (bicyclic) bond motifs is 3. The van der Waals surface area contributed by atoms with E-state index in [-0.39, 0.29) is 17.1 Å². The summed E-state index contributed by atoms with van der Waals surface area (Å²) in [6.07, 6.45) is 6.30. The maximum absolute atomic E-state index is 13.4. The third-order valence-corrected chi connectivity index (χ3v) is 6.11. The highest BCUT2D eigenvalue weighted by molar-refractivity contribution is 6.00. The number of ether oxygens (including phenoxy) is 1. The molecular weight excluding hydrogens is 402 g/mol. The lowest BCUT2D eigenvalue weighted by atomic mass is 9.70. The highest BCUT2D eigenvalue weighted by Crippen LogP contribution is 2.50. The maximum atomic E-state index is 13.4. The van der Waals surface area contributed by atoms with Gasteiger partial charge in [0.2, 0.25) is 5.88 Å². The number of hydrogen-bond donors (Lipinski definition) is 0. The van der Waals surface area contributed by atoms with Crippen molar-refractivity contribution in [1.29, 1.82) is 0 Å². The van der Waals surface area contributed by atoms with E-state index in [9.17, 15) is 4.79 Å². The van der Waals surface area contributed by atoms with E-state index in [0.717, 1.165) is 16.7 Å². The van der Waals surface area contributed by atoms with Crippen molar-refractivity contribution in [3.8, 4) is 17.3 Å². The second kappa shape index (κ2) is 6.82. The van der Waals surface area contributed by atoms with Crippen molar-refractivity contribution in [1.82, 2.24) is 24.6 Å². The number of ketones is 1. The van der Waals surface area contributed by atoms with Gasteiger partial charge in [-0.2, -0.15) is 0 Å². The van der Waals surface area contributed by atoms with E-state index in [2.05, 4.69) is 28.9 Å². The largest absolute Gasteiger partial charge is 0.442 e. The molecule has 0 unspecified atom stereocenters. The van der Waals surface area contributed by atoms with Crippen LogP contribution in [0.5, 0.6) is 5.88 Å². The van der Waals surface area contributed by atoms with Gasteiger partial charge in [0.15, 0.2) is 17.3 Å². The van der Waals surface area contributed by atoms with E-state index in [1.807, 2.05) is 42.5 Å². The average Bonchev–Trinajstić information content (AvgIpc) is 3.23. The first kappa shape index (κ1) is 18.9. The zero-order chi connectivity index (χ0) is 21.9. The number of benzene rings is 1. The summed E-state index contributed by atoms with van der Waals surface area (Å²) in [5.41, 5.74) is 3.73. The number of aromatic nitrogens is 5. The Morgan fingerprint density at radius 2 is 1.94 bits per heavy atom. The summed E-state index contributed by atoms with van der Waals surface area (Å²) in [5, 5.41) is 4.64. The minimum absolute atomic E-state index is 0.0977. The van der Waals surface area contributed by atoms with E-state index in [1.165, 1.54) is 0 Å². The number of carbonyl (C=O) groups excluding carboxylic acids is 1. The maximum Gasteiger partial charge on any atom is 0.228 e. The summed E-state index contributed by atoms with van der Waals surface area (Å²) in [6.45, 7) is 4.18. The fraction of sp³-hybridized carbons (Fsp3) is 0.240. The quantitative estimate of drug-likeness (QED) is 0.477. The third kappa shape index (κ3) is 2.92. The molecule has 7 heteroatoms. The van der Waals surface area contributed by atoms with Crippen molar-refractivity contribution in [3.05, 3.63) is 83.6 Å². The van der Waals surface area contributed by atoms with Crippen LogP contribution in [0.1, 0.15) is 43.7 Å². The molecule has 0 saturated heterocycles. The Labute approximate surface area is 184 Å². The van der Waals surface area contributed by atoms with Crippen LogP contribution >= 0.6 is 0 Å². The Kier molecular flexibility index (Phi) is 4.02. The van der Waals surface area contributed by atoms with Gasteiger partial charge in [-0.15, -0.1) is 5.10 Å². The fourth-order valence-corrected chi connectivity index (χ4v) is 4.74. The van der Waals surface area contributed by atoms with Gasteiger partial charge in [0.1, 0.15) is 12.1 Å². The molecule has 4 heterocycles. The van der Waals surface area contributed by atoms with Gasteiger partial charge >= 0.3 is 0 Å². The number of rotatable bonds is 2. The third-order valence-electron chi connectivity index (χ3n) is 6.11. The van der Waals surface area contributed by atoms with Gasteiger partial charge < -0.3 is 4.74 Å². The molecule has 1 aromatic carbocycles. The van der Waals surface area contributed by atoms with Gasteiger partial charge in [0.25, 0.3) is 0 Å². The van der Waals surface area contributed by atoms with Crippen molar-refractivity contribution in [3.63, 3.8) is 0 Å². The molecular formula is C25H21N5O2. The summed E-state index contributed by atoms with van der Waals surface area (Å²) >= 11 is 0. The lowest BCUT2D eigenvalue weighted by molar-refractivity contribution is -0.118. The molecule has 0 amide bonds. The molecule has 158 valence electrons. The highest BCUT2D eigenvalue weighted by atomic mass is 16.5. The zero-order valence-electron chi connectivity index (χ0n) is 17.8. The lowest BCUT2D eigenvalue weighted by Gasteiger charge is -2.37. The van der Waals surface area contributed by atoms with Crippen molar-refractivity contribution < 1.29 is 9.53 Å². The molecule has 0 spiro atoms. The Morgan fingerprint density at radius 3 is 2.72 bits per heavy atom. The normalized spacial score (nSPS) is 19.4. The first-order chi connectivity index (χ1) is 15.5. The number of Topliss-reactive ketones (excluding diaryl/α,β-unsaturated/α-hetero) is 1. The van der Waals surface area contributed by atoms with Crippen LogP contribution in [0.2, 0.25) is 0 Å². The summed E-state index contributed by atoms with van der Waals surface area (Å²) in [4.78, 5) is 27.1. The van der Waals surface area contributed by atoms with Crippen molar-refractivity contribution >= 4 is 11.4 Å². The molecule has 2 aliphatic rings. The molecule has 1 atom stereocenters. The molecule has 1 aliphatic carbocycles. The number of carbonyl (C=O) groups is 1. The van der Waals surface area contributed by atoms with E-state index < -0.39 is 0 Å². The Morgan fingerprint density at radius 1 is 1.09 bits per heavy atom. The van der Waals surface area contributed by atoms with E-state index in [0.29, 0.717) is 41.5 Å². The molecule has 6 rings (SSSR count). The van der Waals surface area contributed by atoms with Crippen LogP contribution in [0.3, 0.4) is 0 Å². The molecule has 0 radical (unpaired) electrons. The van der Waals surface area contributed by atoms with Gasteiger partial charge in [-0.05, 0) is 17.0 Å². The SMILES string of the molecule is CC1(C)CC(=O)C2=C(C1)Oc1ncn3nc(-c4ccccc4)nc3c1[C@H]2c1cccnc1. The second-order valence-electron chi connectivity index (χ2n) is 9.13. The molecule has 4 aromatic rings. The van der Waals surface area contributed by atoms with Gasteiger partial charge in [-0.1, -0.05) is 50.2 Å². The number of hydrogen-bond acceptors (Lipinski definition) is 6. The van der Waals surface area contributed by atoms with Crippen molar-refractivity contribution in [2.24, 2.45) is 5.41 Å². The second-order valence-corrected chi connectivity index (χ2v) is 9.13. The number of allylic oxidation sites excluding steroid dienone is 2. The van der Waals surface area contributed by atoms with Crippen molar-refractivity contribution in [2.75, 3.05) is 0 Å². The summed E-state index contributed by atoms with van der Waals surface area (Å²) < 4.78 is 7.93. The number of nitrogens with zero attached hydrogens (tertiary/aromatic N) is 5. The Balaban J connectivity index is 1.61. The lowest BCUT2D eigenvalue weighted by Crippen LogP contribution is -2.33. The van der Waals surface area contributed by atoms with Crippen molar-refractivity contribution in [2.45, 2.75) is 32.6 Å². The van der Waals surface area contributed by atoms with Gasteiger partial charge in [-0.25, -0.2) is 14.5 Å². The number of pyridine rings is 1. The van der Waals surface area contributed by atoms with E-state index in [4.69, 9.17) is 9.72 Å². The zero-order valence-corrected chi connectivity index (χ0v) is 17.8. The van der Waals surface area contributed by atoms with Gasteiger partial charge in [-0.3, -0.25) is 9.78 Å². The Bertz CT molecular complexity index is 1390. The van der Waals surface area contributed by atoms with E-state index >= 15 is 0 Å². The molecule has 32 heavy (non-hydrogen) atoms. The van der Waals surface area contributed by atoms with Gasteiger partial charge in [0.05, 0.1) is 11.5 Å². The standard InChI is InChI=1S/C25H21N5O2/c1-25(2)11-17(31)20-18(12-25)32-24-21(19(20)16-9-6-10-26-13-16)23-28-22(29-30(23)14-27-24)15-7-4-3-5-8-15/h3-10,13-14,19H,11-12H2,1-2H3/t19-/m0/s1. The molecule has 0 N–H and O–H groups in total. The fourth-order valence-electron chi connectivity index (χ4n) is 4.74. The van der Waals surface area contributed by atoms with Gasteiger partial charge in [0, 0.05) is 36.4 Å². The molecule has 7 nitrogen and oxygen atoms in total. The minimum Gasteiger partial charge on any atom is -0.442 e. The minimum atomic E-state index is -0.352. The molecule has 0 bridgehead atoms. The van der Waals surface area contributed by atoms with Crippen LogP contribution in [0.25, 0.3) is 17.0 Å². The van der Waals surface area contributed by atoms with Crippen LogP contribution in [0, 0.1) is 5.41 Å². The monoisotopic (exact) mass is 423 g/mol. The highest BCUT2D eigenvalue weighted by Gasteiger charge is 2.44. The molecule has 1 aliphatic heterocycles. The van der Waals surface area contributed by atoms with Crippen LogP contribution in [-0.4, -0.2) is 30.3 Å². The van der Waals surface area contributed by atoms with Crippen LogP contribution < -0.4 is 4.74 Å². The molecule has 0 saturated carbocycles. The molecule has 3 aromatic heterocycles. The summed E-state index contributed by atoms with van der Waals surface area (Å²) in [5.74, 6) is 1.52. The first-order valence-corrected chi connectivity index (χ1v) is 10.6. The predicted molar refractivity (Wildman–Crippen MR) is 118 cm³/mol. The summed E-state index contributed by atoms with van der Waals surface area (Å²) in [7, 11) is 0. The van der Waals surface area contributed by atoms with E-state index in [1.54, 1.807) is 23.2 Å². The van der Waals surface area contributed by atoms with Crippen LogP contribution in [0.15, 0.2) is 72.5 Å². The Hall–Kier alpha value is -3.87. The first-order valence-electron chi connectivity index (χ1n) is 10.6.